The maximum Gasteiger partial charge on any atom is 0.310 e. The van der Waals surface area contributed by atoms with E-state index in [2.05, 4.69) is 12.1 Å². The van der Waals surface area contributed by atoms with Crippen LogP contribution in [0.2, 0.25) is 0 Å². The summed E-state index contributed by atoms with van der Waals surface area (Å²) in [5, 5.41) is 0.758. The fraction of sp³-hybridized carbons (Fsp3) is 0.350. The summed E-state index contributed by atoms with van der Waals surface area (Å²) < 4.78 is 41.2. The molecule has 0 fully saturated rings. The summed E-state index contributed by atoms with van der Waals surface area (Å²) in [4.78, 5) is 12.2. The van der Waals surface area contributed by atoms with Crippen LogP contribution in [0, 0.1) is 0 Å². The van der Waals surface area contributed by atoms with E-state index in [1.165, 1.54) is 37.4 Å². The van der Waals surface area contributed by atoms with Crippen molar-refractivity contribution >= 4 is 27.0 Å². The molecule has 0 amide bonds. The quantitative estimate of drug-likeness (QED) is 0.588. The van der Waals surface area contributed by atoms with Crippen molar-refractivity contribution < 1.29 is 26.8 Å². The lowest BCUT2D eigenvalue weighted by Crippen LogP contribution is -2.21. The fourth-order valence-corrected chi connectivity index (χ4v) is 4.21. The Hall–Kier alpha value is -2.58. The van der Waals surface area contributed by atoms with Crippen molar-refractivity contribution in [3.63, 3.8) is 0 Å². The molecule has 8 heteroatoms. The van der Waals surface area contributed by atoms with Gasteiger partial charge in [-0.15, -0.1) is 0 Å². The lowest BCUT2D eigenvalue weighted by Gasteiger charge is -2.07. The van der Waals surface area contributed by atoms with Crippen LogP contribution in [0.3, 0.4) is 0 Å². The van der Waals surface area contributed by atoms with Gasteiger partial charge in [0.25, 0.3) is 10.0 Å². The van der Waals surface area contributed by atoms with Gasteiger partial charge in [-0.1, -0.05) is 0 Å². The number of carbonyl (C=O) groups is 1. The molecule has 2 aromatic heterocycles. The molecule has 0 unspecified atom stereocenters. The second kappa shape index (κ2) is 7.10. The summed E-state index contributed by atoms with van der Waals surface area (Å²) in [6, 6.07) is 7.00. The molecular formula is C20H21NO6S. The molecule has 7 nitrogen and oxygen atoms in total. The Morgan fingerprint density at radius 3 is 2.68 bits per heavy atom. The Kier molecular flexibility index (Phi) is 4.76. The number of hydrogen-bond acceptors (Lipinski definition) is 6. The van der Waals surface area contributed by atoms with Crippen LogP contribution in [-0.2, 0) is 45.4 Å². The van der Waals surface area contributed by atoms with Crippen LogP contribution in [0.4, 0.5) is 0 Å². The van der Waals surface area contributed by atoms with Gasteiger partial charge in [0.05, 0.1) is 12.7 Å². The van der Waals surface area contributed by atoms with Crippen molar-refractivity contribution in [3.8, 4) is 0 Å². The summed E-state index contributed by atoms with van der Waals surface area (Å²) in [6.45, 7) is -0.132. The third kappa shape index (κ3) is 3.45. The predicted octanol–water partition coefficient (Wildman–Crippen LogP) is 3.05. The zero-order valence-electron chi connectivity index (χ0n) is 15.7. The van der Waals surface area contributed by atoms with Crippen LogP contribution >= 0.6 is 0 Å². The van der Waals surface area contributed by atoms with Gasteiger partial charge in [0, 0.05) is 25.0 Å². The van der Waals surface area contributed by atoms with Gasteiger partial charge in [-0.2, -0.15) is 0 Å². The molecule has 0 N–H and O–H groups in total. The average molecular weight is 403 g/mol. The zero-order chi connectivity index (χ0) is 19.9. The normalized spacial score (nSPS) is 14.0. The highest BCUT2D eigenvalue weighted by molar-refractivity contribution is 7.88. The lowest BCUT2D eigenvalue weighted by molar-refractivity contribution is -0.144. The van der Waals surface area contributed by atoms with Gasteiger partial charge in [0.1, 0.15) is 18.0 Å². The SMILES string of the molecule is CN(C)S(=O)(=O)c1ccc(COC(=O)Cc2coc3cc4c(cc23)CCC4)o1. The fourth-order valence-electron chi connectivity index (χ4n) is 3.40. The van der Waals surface area contributed by atoms with Crippen LogP contribution in [0.5, 0.6) is 0 Å². The molecular weight excluding hydrogens is 382 g/mol. The number of hydrogen-bond donors (Lipinski definition) is 0. The average Bonchev–Trinajstić information content (AvgIpc) is 3.38. The third-order valence-corrected chi connectivity index (χ3v) is 6.64. The molecule has 1 aliphatic rings. The van der Waals surface area contributed by atoms with Gasteiger partial charge in [-0.3, -0.25) is 4.79 Å². The monoisotopic (exact) mass is 403 g/mol. The number of esters is 1. The van der Waals surface area contributed by atoms with Gasteiger partial charge in [-0.05, 0) is 54.7 Å². The molecule has 0 spiro atoms. The van der Waals surface area contributed by atoms with Crippen molar-refractivity contribution in [3.05, 3.63) is 53.0 Å². The zero-order valence-corrected chi connectivity index (χ0v) is 16.5. The summed E-state index contributed by atoms with van der Waals surface area (Å²) in [5.41, 5.74) is 4.20. The minimum absolute atomic E-state index is 0.0787. The minimum Gasteiger partial charge on any atom is -0.464 e. The van der Waals surface area contributed by atoms with E-state index in [0.29, 0.717) is 0 Å². The number of ether oxygens (including phenoxy) is 1. The number of furan rings is 2. The molecule has 1 aliphatic carbocycles. The molecule has 0 atom stereocenters. The van der Waals surface area contributed by atoms with Crippen LogP contribution in [0.15, 0.2) is 44.5 Å². The standard InChI is InChI=1S/C20H21NO6S/c1-21(2)28(23,24)20-7-6-16(27-20)12-26-19(22)10-15-11-25-18-9-14-5-3-4-13(14)8-17(15)18/h6-9,11H,3-5,10,12H2,1-2H3. The second-order valence-electron chi connectivity index (χ2n) is 7.08. The molecule has 1 aromatic carbocycles. The Morgan fingerprint density at radius 2 is 1.93 bits per heavy atom. The van der Waals surface area contributed by atoms with E-state index in [1.54, 1.807) is 6.26 Å². The van der Waals surface area contributed by atoms with E-state index in [4.69, 9.17) is 13.6 Å². The largest absolute Gasteiger partial charge is 0.464 e. The van der Waals surface area contributed by atoms with Crippen LogP contribution in [0.25, 0.3) is 11.0 Å². The number of aryl methyl sites for hydroxylation is 2. The van der Waals surface area contributed by atoms with Crippen molar-refractivity contribution in [1.29, 1.82) is 0 Å². The molecule has 0 aliphatic heterocycles. The van der Waals surface area contributed by atoms with E-state index >= 15 is 0 Å². The number of fused-ring (bicyclic) bond motifs is 2. The van der Waals surface area contributed by atoms with Gasteiger partial charge in [0.15, 0.2) is 0 Å². The number of nitrogens with zero attached hydrogens (tertiary/aromatic N) is 1. The number of benzene rings is 1. The highest BCUT2D eigenvalue weighted by Crippen LogP contribution is 2.30. The minimum atomic E-state index is -3.65. The first kappa shape index (κ1) is 18.8. The maximum atomic E-state index is 12.2. The summed E-state index contributed by atoms with van der Waals surface area (Å²) in [6.07, 6.45) is 4.94. The Bertz CT molecular complexity index is 1140. The van der Waals surface area contributed by atoms with Gasteiger partial charge in [0.2, 0.25) is 5.09 Å². The van der Waals surface area contributed by atoms with E-state index < -0.39 is 16.0 Å². The molecule has 0 saturated heterocycles. The van der Waals surface area contributed by atoms with Crippen molar-refractivity contribution in [2.75, 3.05) is 14.1 Å². The Labute approximate surface area is 162 Å². The molecule has 0 bridgehead atoms. The van der Waals surface area contributed by atoms with Gasteiger partial charge < -0.3 is 13.6 Å². The van der Waals surface area contributed by atoms with E-state index in [-0.39, 0.29) is 23.9 Å². The first-order chi connectivity index (χ1) is 13.3. The molecule has 3 aromatic rings. The number of sulfonamides is 1. The second-order valence-corrected chi connectivity index (χ2v) is 9.16. The highest BCUT2D eigenvalue weighted by Gasteiger charge is 2.22. The van der Waals surface area contributed by atoms with Crippen molar-refractivity contribution in [1.82, 2.24) is 4.31 Å². The van der Waals surface area contributed by atoms with E-state index in [9.17, 15) is 13.2 Å². The maximum absolute atomic E-state index is 12.2. The van der Waals surface area contributed by atoms with Gasteiger partial charge >= 0.3 is 5.97 Å². The number of rotatable bonds is 6. The summed E-state index contributed by atoms with van der Waals surface area (Å²) >= 11 is 0. The van der Waals surface area contributed by atoms with Crippen LogP contribution < -0.4 is 0 Å². The summed E-state index contributed by atoms with van der Waals surface area (Å²) in [5.74, 6) is -0.166. The first-order valence-electron chi connectivity index (χ1n) is 9.03. The Balaban J connectivity index is 1.42. The molecule has 148 valence electrons. The molecule has 0 saturated carbocycles. The Morgan fingerprint density at radius 1 is 1.18 bits per heavy atom. The topological polar surface area (TPSA) is 90.0 Å². The van der Waals surface area contributed by atoms with Gasteiger partial charge in [-0.25, -0.2) is 12.7 Å². The van der Waals surface area contributed by atoms with Crippen LogP contribution in [-0.4, -0.2) is 32.8 Å². The number of carbonyl (C=O) groups excluding carboxylic acids is 1. The molecule has 4 rings (SSSR count). The smallest absolute Gasteiger partial charge is 0.310 e. The molecule has 0 radical (unpaired) electrons. The lowest BCUT2D eigenvalue weighted by atomic mass is 10.0. The highest BCUT2D eigenvalue weighted by atomic mass is 32.2. The van der Waals surface area contributed by atoms with Crippen molar-refractivity contribution in [2.24, 2.45) is 0 Å². The molecule has 2 heterocycles. The predicted molar refractivity (Wildman–Crippen MR) is 101 cm³/mol. The van der Waals surface area contributed by atoms with E-state index in [1.807, 2.05) is 0 Å². The third-order valence-electron chi connectivity index (χ3n) is 4.95. The first-order valence-corrected chi connectivity index (χ1v) is 10.5. The van der Waals surface area contributed by atoms with Crippen molar-refractivity contribution in [2.45, 2.75) is 37.4 Å². The van der Waals surface area contributed by atoms with E-state index in [0.717, 1.165) is 40.1 Å². The molecule has 28 heavy (non-hydrogen) atoms. The summed E-state index contributed by atoms with van der Waals surface area (Å²) in [7, 11) is -0.814. The van der Waals surface area contributed by atoms with Crippen LogP contribution in [0.1, 0.15) is 28.9 Å².